The summed E-state index contributed by atoms with van der Waals surface area (Å²) >= 11 is 1.25. The number of rotatable bonds is 3. The van der Waals surface area contributed by atoms with Crippen LogP contribution in [0.3, 0.4) is 0 Å². The topological polar surface area (TPSA) is 54.9 Å². The van der Waals surface area contributed by atoms with E-state index in [1.165, 1.54) is 11.5 Å². The van der Waals surface area contributed by atoms with Crippen molar-refractivity contribution in [3.63, 3.8) is 0 Å². The SMILES string of the molecule is O=C(Cc1csnn1)Nc1ccccc1. The second-order valence-corrected chi connectivity index (χ2v) is 3.60. The third-order valence-corrected chi connectivity index (χ3v) is 2.36. The van der Waals surface area contributed by atoms with Crippen LogP contribution >= 0.6 is 11.5 Å². The van der Waals surface area contributed by atoms with E-state index in [1.54, 1.807) is 5.38 Å². The Morgan fingerprint density at radius 3 is 2.80 bits per heavy atom. The van der Waals surface area contributed by atoms with Gasteiger partial charge in [-0.15, -0.1) is 5.10 Å². The molecule has 2 rings (SSSR count). The fraction of sp³-hybridized carbons (Fsp3) is 0.100. The van der Waals surface area contributed by atoms with E-state index < -0.39 is 0 Å². The molecule has 0 saturated heterocycles. The molecule has 1 heterocycles. The Bertz CT molecular complexity index is 427. The average molecular weight is 219 g/mol. The molecule has 0 aliphatic rings. The van der Waals surface area contributed by atoms with E-state index in [0.29, 0.717) is 5.69 Å². The lowest BCUT2D eigenvalue weighted by Gasteiger charge is -2.02. The molecule has 0 radical (unpaired) electrons. The van der Waals surface area contributed by atoms with Crippen LogP contribution < -0.4 is 5.32 Å². The summed E-state index contributed by atoms with van der Waals surface area (Å²) in [7, 11) is 0. The molecule has 1 aromatic carbocycles. The lowest BCUT2D eigenvalue weighted by Crippen LogP contribution is -2.14. The summed E-state index contributed by atoms with van der Waals surface area (Å²) in [6, 6.07) is 9.34. The first-order valence-electron chi connectivity index (χ1n) is 4.45. The van der Waals surface area contributed by atoms with Crippen LogP contribution in [0, 0.1) is 0 Å². The smallest absolute Gasteiger partial charge is 0.230 e. The summed E-state index contributed by atoms with van der Waals surface area (Å²) in [4.78, 5) is 11.5. The van der Waals surface area contributed by atoms with Crippen LogP contribution in [0.5, 0.6) is 0 Å². The van der Waals surface area contributed by atoms with Crippen molar-refractivity contribution in [3.8, 4) is 0 Å². The zero-order valence-electron chi connectivity index (χ0n) is 7.88. The van der Waals surface area contributed by atoms with Gasteiger partial charge in [-0.05, 0) is 23.7 Å². The van der Waals surface area contributed by atoms with Crippen LogP contribution in [0.2, 0.25) is 0 Å². The van der Waals surface area contributed by atoms with Gasteiger partial charge in [-0.2, -0.15) is 0 Å². The standard InChI is InChI=1S/C10H9N3OS/c14-10(6-9-7-15-13-12-9)11-8-4-2-1-3-5-8/h1-5,7H,6H2,(H,11,14). The highest BCUT2D eigenvalue weighted by molar-refractivity contribution is 7.03. The van der Waals surface area contributed by atoms with E-state index in [1.807, 2.05) is 30.3 Å². The van der Waals surface area contributed by atoms with Gasteiger partial charge < -0.3 is 5.32 Å². The minimum Gasteiger partial charge on any atom is -0.326 e. The third-order valence-electron chi connectivity index (χ3n) is 1.80. The Balaban J connectivity index is 1.94. The fourth-order valence-electron chi connectivity index (χ4n) is 1.15. The van der Waals surface area contributed by atoms with E-state index in [-0.39, 0.29) is 12.3 Å². The molecule has 0 aliphatic heterocycles. The van der Waals surface area contributed by atoms with Crippen molar-refractivity contribution in [2.75, 3.05) is 5.32 Å². The molecule has 76 valence electrons. The highest BCUT2D eigenvalue weighted by atomic mass is 32.1. The summed E-state index contributed by atoms with van der Waals surface area (Å²) < 4.78 is 3.69. The quantitative estimate of drug-likeness (QED) is 0.855. The number of aromatic nitrogens is 2. The number of hydrogen-bond acceptors (Lipinski definition) is 4. The normalized spacial score (nSPS) is 9.87. The molecule has 0 atom stereocenters. The first-order valence-corrected chi connectivity index (χ1v) is 5.29. The van der Waals surface area contributed by atoms with Crippen molar-refractivity contribution >= 4 is 23.1 Å². The average Bonchev–Trinajstić information content (AvgIpc) is 2.71. The molecule has 0 saturated carbocycles. The lowest BCUT2D eigenvalue weighted by atomic mass is 10.3. The molecule has 15 heavy (non-hydrogen) atoms. The van der Waals surface area contributed by atoms with E-state index in [0.717, 1.165) is 5.69 Å². The first kappa shape index (κ1) is 9.79. The predicted octanol–water partition coefficient (Wildman–Crippen LogP) is 1.72. The van der Waals surface area contributed by atoms with Gasteiger partial charge in [0.25, 0.3) is 0 Å². The molecule has 0 spiro atoms. The van der Waals surface area contributed by atoms with Gasteiger partial charge in [0.05, 0.1) is 12.1 Å². The van der Waals surface area contributed by atoms with Gasteiger partial charge in [0.2, 0.25) is 5.91 Å². The number of carbonyl (C=O) groups excluding carboxylic acids is 1. The van der Waals surface area contributed by atoms with Crippen LogP contribution in [0.1, 0.15) is 5.69 Å². The van der Waals surface area contributed by atoms with E-state index in [2.05, 4.69) is 14.9 Å². The molecule has 1 amide bonds. The zero-order chi connectivity index (χ0) is 10.5. The van der Waals surface area contributed by atoms with Crippen molar-refractivity contribution in [2.45, 2.75) is 6.42 Å². The minimum absolute atomic E-state index is 0.0751. The second-order valence-electron chi connectivity index (χ2n) is 2.99. The van der Waals surface area contributed by atoms with Crippen LogP contribution in [0.15, 0.2) is 35.7 Å². The number of nitrogens with one attached hydrogen (secondary N) is 1. The molecule has 2 aromatic rings. The Labute approximate surface area is 91.1 Å². The largest absolute Gasteiger partial charge is 0.326 e. The Morgan fingerprint density at radius 1 is 1.33 bits per heavy atom. The lowest BCUT2D eigenvalue weighted by molar-refractivity contribution is -0.115. The first-order chi connectivity index (χ1) is 7.34. The fourth-order valence-corrected chi connectivity index (χ4v) is 1.60. The monoisotopic (exact) mass is 219 g/mol. The summed E-state index contributed by atoms with van der Waals surface area (Å²) in [6.45, 7) is 0. The van der Waals surface area contributed by atoms with Crippen molar-refractivity contribution in [3.05, 3.63) is 41.4 Å². The molecule has 4 nitrogen and oxygen atoms in total. The number of amides is 1. The number of hydrogen-bond donors (Lipinski definition) is 1. The zero-order valence-corrected chi connectivity index (χ0v) is 8.70. The molecule has 0 bridgehead atoms. The third kappa shape index (κ3) is 2.85. The van der Waals surface area contributed by atoms with Crippen LogP contribution in [-0.4, -0.2) is 15.5 Å². The molecule has 1 aromatic heterocycles. The molecule has 0 aliphatic carbocycles. The number of carbonyl (C=O) groups is 1. The number of nitrogens with zero attached hydrogens (tertiary/aromatic N) is 2. The molecular weight excluding hydrogens is 210 g/mol. The van der Waals surface area contributed by atoms with Crippen molar-refractivity contribution in [1.82, 2.24) is 9.59 Å². The summed E-state index contributed by atoms with van der Waals surface area (Å²) in [6.07, 6.45) is 0.269. The predicted molar refractivity (Wildman–Crippen MR) is 58.7 cm³/mol. The van der Waals surface area contributed by atoms with Crippen LogP contribution in [0.4, 0.5) is 5.69 Å². The van der Waals surface area contributed by atoms with E-state index in [9.17, 15) is 4.79 Å². The second kappa shape index (κ2) is 4.65. The highest BCUT2D eigenvalue weighted by Crippen LogP contribution is 2.06. The molecule has 5 heteroatoms. The van der Waals surface area contributed by atoms with Gasteiger partial charge in [-0.1, -0.05) is 22.7 Å². The molecule has 0 fully saturated rings. The number of para-hydroxylation sites is 1. The number of anilines is 1. The Morgan fingerprint density at radius 2 is 2.13 bits per heavy atom. The maximum absolute atomic E-state index is 11.5. The van der Waals surface area contributed by atoms with Crippen molar-refractivity contribution in [1.29, 1.82) is 0 Å². The van der Waals surface area contributed by atoms with Gasteiger partial charge in [-0.25, -0.2) is 0 Å². The summed E-state index contributed by atoms with van der Waals surface area (Å²) in [5.41, 5.74) is 1.50. The number of benzene rings is 1. The van der Waals surface area contributed by atoms with Gasteiger partial charge in [-0.3, -0.25) is 4.79 Å². The molecule has 1 N–H and O–H groups in total. The molecular formula is C10H9N3OS. The van der Waals surface area contributed by atoms with Gasteiger partial charge in [0.15, 0.2) is 0 Å². The van der Waals surface area contributed by atoms with E-state index >= 15 is 0 Å². The highest BCUT2D eigenvalue weighted by Gasteiger charge is 2.05. The van der Waals surface area contributed by atoms with Gasteiger partial charge in [0, 0.05) is 11.1 Å². The summed E-state index contributed by atoms with van der Waals surface area (Å²) in [5.74, 6) is -0.0751. The maximum atomic E-state index is 11.5. The Hall–Kier alpha value is -1.75. The van der Waals surface area contributed by atoms with Gasteiger partial charge >= 0.3 is 0 Å². The van der Waals surface area contributed by atoms with Gasteiger partial charge in [0.1, 0.15) is 0 Å². The molecule has 0 unspecified atom stereocenters. The van der Waals surface area contributed by atoms with Crippen LogP contribution in [-0.2, 0) is 11.2 Å². The Kier molecular flexibility index (Phi) is 3.04. The van der Waals surface area contributed by atoms with Crippen LogP contribution in [0.25, 0.3) is 0 Å². The minimum atomic E-state index is -0.0751. The maximum Gasteiger partial charge on any atom is 0.230 e. The van der Waals surface area contributed by atoms with E-state index in [4.69, 9.17) is 0 Å². The van der Waals surface area contributed by atoms with Crippen molar-refractivity contribution in [2.24, 2.45) is 0 Å². The summed E-state index contributed by atoms with van der Waals surface area (Å²) in [5, 5.41) is 8.35. The van der Waals surface area contributed by atoms with Crippen molar-refractivity contribution < 1.29 is 4.79 Å².